The smallest absolute Gasteiger partial charge is 0.233 e. The highest BCUT2D eigenvalue weighted by atomic mass is 32.1. The van der Waals surface area contributed by atoms with Gasteiger partial charge >= 0.3 is 0 Å². The average Bonchev–Trinajstić information content (AvgIpc) is 3.42. The Morgan fingerprint density at radius 1 is 1.23 bits per heavy atom. The van der Waals surface area contributed by atoms with Crippen LogP contribution < -0.4 is 14.4 Å². The summed E-state index contributed by atoms with van der Waals surface area (Å²) in [6.45, 7) is 3.85. The molecule has 158 valence electrons. The molecular weight excluding hydrogens is 400 g/mol. The standard InChI is InChI=1S/C23H26N2O4S/c1-3-28-18-10-11-20-21(14-18)30-23(24-20)25(15-19-5-4-12-29-19)22(26)13-16-6-8-17(27-2)9-7-16/h6-11,14,19H,3-5,12-13,15H2,1-2H3. The Kier molecular flexibility index (Phi) is 6.50. The maximum Gasteiger partial charge on any atom is 0.233 e. The summed E-state index contributed by atoms with van der Waals surface area (Å²) < 4.78 is 17.6. The Bertz CT molecular complexity index is 996. The molecule has 6 nitrogen and oxygen atoms in total. The number of thiazole rings is 1. The number of hydrogen-bond donors (Lipinski definition) is 0. The van der Waals surface area contributed by atoms with Crippen LogP contribution in [0.25, 0.3) is 10.2 Å². The van der Waals surface area contributed by atoms with Gasteiger partial charge in [-0.05, 0) is 55.7 Å². The number of carbonyl (C=O) groups excluding carboxylic acids is 1. The molecule has 1 unspecified atom stereocenters. The topological polar surface area (TPSA) is 60.9 Å². The molecule has 0 saturated carbocycles. The number of ether oxygens (including phenoxy) is 3. The molecule has 0 bridgehead atoms. The Hall–Kier alpha value is -2.64. The van der Waals surface area contributed by atoms with Gasteiger partial charge < -0.3 is 14.2 Å². The summed E-state index contributed by atoms with van der Waals surface area (Å²) in [6, 6.07) is 13.4. The fourth-order valence-corrected chi connectivity index (χ4v) is 4.58. The molecule has 0 radical (unpaired) electrons. The Morgan fingerprint density at radius 3 is 2.73 bits per heavy atom. The van der Waals surface area contributed by atoms with E-state index in [1.807, 2.05) is 49.4 Å². The number of benzene rings is 2. The molecule has 3 aromatic rings. The average molecular weight is 427 g/mol. The minimum absolute atomic E-state index is 0.0137. The number of rotatable bonds is 8. The van der Waals surface area contributed by atoms with E-state index in [9.17, 15) is 4.79 Å². The highest BCUT2D eigenvalue weighted by Crippen LogP contribution is 2.32. The number of nitrogens with zero attached hydrogens (tertiary/aromatic N) is 2. The quantitative estimate of drug-likeness (QED) is 0.532. The Morgan fingerprint density at radius 2 is 2.03 bits per heavy atom. The molecule has 1 aliphatic heterocycles. The lowest BCUT2D eigenvalue weighted by atomic mass is 10.1. The number of fused-ring (bicyclic) bond motifs is 1. The fraction of sp³-hybridized carbons (Fsp3) is 0.391. The maximum atomic E-state index is 13.3. The molecule has 0 spiro atoms. The van der Waals surface area contributed by atoms with Crippen molar-refractivity contribution in [1.82, 2.24) is 4.98 Å². The normalized spacial score (nSPS) is 16.0. The molecule has 1 saturated heterocycles. The first-order valence-electron chi connectivity index (χ1n) is 10.2. The zero-order chi connectivity index (χ0) is 20.9. The second-order valence-electron chi connectivity index (χ2n) is 7.22. The molecule has 1 aromatic heterocycles. The minimum atomic E-state index is 0.0137. The molecule has 2 heterocycles. The van der Waals surface area contributed by atoms with Crippen molar-refractivity contribution in [3.8, 4) is 11.5 Å². The summed E-state index contributed by atoms with van der Waals surface area (Å²) in [6.07, 6.45) is 2.35. The summed E-state index contributed by atoms with van der Waals surface area (Å²) in [7, 11) is 1.63. The summed E-state index contributed by atoms with van der Waals surface area (Å²) in [5, 5.41) is 0.702. The van der Waals surface area contributed by atoms with Crippen LogP contribution >= 0.6 is 11.3 Å². The fourth-order valence-electron chi connectivity index (χ4n) is 3.56. The van der Waals surface area contributed by atoms with Gasteiger partial charge in [-0.3, -0.25) is 9.69 Å². The minimum Gasteiger partial charge on any atom is -0.497 e. The van der Waals surface area contributed by atoms with Crippen LogP contribution in [0.2, 0.25) is 0 Å². The van der Waals surface area contributed by atoms with Crippen molar-refractivity contribution in [2.45, 2.75) is 32.3 Å². The molecule has 4 rings (SSSR count). The van der Waals surface area contributed by atoms with E-state index < -0.39 is 0 Å². The number of amides is 1. The summed E-state index contributed by atoms with van der Waals surface area (Å²) in [5.74, 6) is 1.61. The number of methoxy groups -OCH3 is 1. The second-order valence-corrected chi connectivity index (χ2v) is 8.23. The molecule has 0 N–H and O–H groups in total. The van der Waals surface area contributed by atoms with Gasteiger partial charge in [0.1, 0.15) is 11.5 Å². The monoisotopic (exact) mass is 426 g/mol. The number of aromatic nitrogens is 1. The summed E-state index contributed by atoms with van der Waals surface area (Å²) in [4.78, 5) is 19.8. The van der Waals surface area contributed by atoms with Gasteiger partial charge in [0.05, 0.1) is 43.0 Å². The lowest BCUT2D eigenvalue weighted by Crippen LogP contribution is -2.38. The van der Waals surface area contributed by atoms with Crippen LogP contribution in [0, 0.1) is 0 Å². The molecular formula is C23H26N2O4S. The first kappa shape index (κ1) is 20.6. The highest BCUT2D eigenvalue weighted by molar-refractivity contribution is 7.22. The predicted molar refractivity (Wildman–Crippen MR) is 119 cm³/mol. The van der Waals surface area contributed by atoms with E-state index in [-0.39, 0.29) is 12.0 Å². The zero-order valence-electron chi connectivity index (χ0n) is 17.3. The van der Waals surface area contributed by atoms with E-state index in [0.29, 0.717) is 24.7 Å². The molecule has 1 aliphatic rings. The van der Waals surface area contributed by atoms with Gasteiger partial charge in [0.2, 0.25) is 5.91 Å². The van der Waals surface area contributed by atoms with Gasteiger partial charge in [-0.25, -0.2) is 4.98 Å². The number of carbonyl (C=O) groups is 1. The molecule has 2 aromatic carbocycles. The van der Waals surface area contributed by atoms with Gasteiger partial charge in [0.15, 0.2) is 5.13 Å². The summed E-state index contributed by atoms with van der Waals surface area (Å²) in [5.41, 5.74) is 1.81. The van der Waals surface area contributed by atoms with Gasteiger partial charge in [-0.15, -0.1) is 0 Å². The summed E-state index contributed by atoms with van der Waals surface area (Å²) >= 11 is 1.51. The van der Waals surface area contributed by atoms with Crippen LogP contribution in [0.15, 0.2) is 42.5 Å². The third-order valence-electron chi connectivity index (χ3n) is 5.12. The molecule has 0 aliphatic carbocycles. The van der Waals surface area contributed by atoms with Gasteiger partial charge in [0.25, 0.3) is 0 Å². The van der Waals surface area contributed by atoms with E-state index in [4.69, 9.17) is 19.2 Å². The predicted octanol–water partition coefficient (Wildman–Crippen LogP) is 4.46. The lowest BCUT2D eigenvalue weighted by molar-refractivity contribution is -0.118. The van der Waals surface area contributed by atoms with Crippen LogP contribution in [0.1, 0.15) is 25.3 Å². The van der Waals surface area contributed by atoms with Crippen molar-refractivity contribution in [2.24, 2.45) is 0 Å². The molecule has 1 amide bonds. The van der Waals surface area contributed by atoms with Crippen molar-refractivity contribution in [3.05, 3.63) is 48.0 Å². The first-order chi connectivity index (χ1) is 14.7. The highest BCUT2D eigenvalue weighted by Gasteiger charge is 2.26. The van der Waals surface area contributed by atoms with Crippen LogP contribution in [0.4, 0.5) is 5.13 Å². The maximum absolute atomic E-state index is 13.3. The van der Waals surface area contributed by atoms with Crippen molar-refractivity contribution < 1.29 is 19.0 Å². The van der Waals surface area contributed by atoms with Crippen LogP contribution in [-0.4, -0.2) is 43.9 Å². The van der Waals surface area contributed by atoms with Crippen LogP contribution in [-0.2, 0) is 16.0 Å². The SMILES string of the molecule is CCOc1ccc2nc(N(CC3CCCO3)C(=O)Cc3ccc(OC)cc3)sc2c1. The van der Waals surface area contributed by atoms with E-state index in [0.717, 1.165) is 46.7 Å². The van der Waals surface area contributed by atoms with Crippen molar-refractivity contribution in [1.29, 1.82) is 0 Å². The van der Waals surface area contributed by atoms with Gasteiger partial charge in [-0.1, -0.05) is 23.5 Å². The Labute approximate surface area is 180 Å². The van der Waals surface area contributed by atoms with Gasteiger partial charge in [0, 0.05) is 6.61 Å². The first-order valence-corrected chi connectivity index (χ1v) is 11.1. The third kappa shape index (κ3) is 4.74. The second kappa shape index (κ2) is 9.45. The Balaban J connectivity index is 1.59. The van der Waals surface area contributed by atoms with Crippen molar-refractivity contribution >= 4 is 32.6 Å². The van der Waals surface area contributed by atoms with Gasteiger partial charge in [-0.2, -0.15) is 0 Å². The van der Waals surface area contributed by atoms with E-state index in [1.54, 1.807) is 12.0 Å². The molecule has 30 heavy (non-hydrogen) atoms. The molecule has 7 heteroatoms. The zero-order valence-corrected chi connectivity index (χ0v) is 18.1. The van der Waals surface area contributed by atoms with E-state index in [1.165, 1.54) is 11.3 Å². The van der Waals surface area contributed by atoms with E-state index >= 15 is 0 Å². The largest absolute Gasteiger partial charge is 0.497 e. The van der Waals surface area contributed by atoms with Crippen LogP contribution in [0.3, 0.4) is 0 Å². The molecule has 1 fully saturated rings. The van der Waals surface area contributed by atoms with Crippen molar-refractivity contribution in [3.63, 3.8) is 0 Å². The third-order valence-corrected chi connectivity index (χ3v) is 6.16. The molecule has 1 atom stereocenters. The number of hydrogen-bond acceptors (Lipinski definition) is 6. The lowest BCUT2D eigenvalue weighted by Gasteiger charge is -2.23. The van der Waals surface area contributed by atoms with Crippen LogP contribution in [0.5, 0.6) is 11.5 Å². The van der Waals surface area contributed by atoms with E-state index in [2.05, 4.69) is 0 Å². The van der Waals surface area contributed by atoms with Crippen molar-refractivity contribution in [2.75, 3.05) is 31.8 Å². The number of anilines is 1.